The summed E-state index contributed by atoms with van der Waals surface area (Å²) in [5, 5.41) is 7.42. The van der Waals surface area contributed by atoms with Gasteiger partial charge in [0.2, 0.25) is 5.91 Å². The molecule has 1 saturated heterocycles. The van der Waals surface area contributed by atoms with E-state index in [1.54, 1.807) is 0 Å². The van der Waals surface area contributed by atoms with Crippen LogP contribution in [0, 0.1) is 12.8 Å². The molecule has 2 rings (SSSR count). The normalized spacial score (nSPS) is 20.5. The summed E-state index contributed by atoms with van der Waals surface area (Å²) in [5.74, 6) is 0.319. The molecule has 5 nitrogen and oxygen atoms in total. The monoisotopic (exact) mass is 292 g/mol. The molecule has 1 aliphatic heterocycles. The molecule has 1 aliphatic rings. The zero-order chi connectivity index (χ0) is 15.5. The first kappa shape index (κ1) is 16.0. The zero-order valence-corrected chi connectivity index (χ0v) is 13.7. The molecule has 1 N–H and O–H groups in total. The second-order valence-electron chi connectivity index (χ2n) is 7.16. The molecule has 1 unspecified atom stereocenters. The van der Waals surface area contributed by atoms with Crippen LogP contribution in [0.1, 0.15) is 39.2 Å². The molecule has 1 fully saturated rings. The number of aromatic nitrogens is 2. The van der Waals surface area contributed by atoms with Gasteiger partial charge in [0.05, 0.1) is 18.7 Å². The highest BCUT2D eigenvalue weighted by Crippen LogP contribution is 2.17. The second kappa shape index (κ2) is 6.60. The fraction of sp³-hybridized carbons (Fsp3) is 0.750. The number of carbonyl (C=O) groups is 1. The number of carbonyl (C=O) groups excluding carboxylic acids is 1. The van der Waals surface area contributed by atoms with Gasteiger partial charge in [-0.1, -0.05) is 0 Å². The molecule has 0 radical (unpaired) electrons. The van der Waals surface area contributed by atoms with E-state index >= 15 is 0 Å². The maximum Gasteiger partial charge on any atom is 0.224 e. The van der Waals surface area contributed by atoms with Crippen LogP contribution in [0.3, 0.4) is 0 Å². The van der Waals surface area contributed by atoms with E-state index in [2.05, 4.69) is 28.4 Å². The standard InChI is InChI=1S/C16H28N4O/c1-13-10-17-20(11-13)9-8-19-7-5-6-14(12-19)15(21)18-16(2,3)4/h10-11,14H,5-9,12H2,1-4H3,(H,18,21). The van der Waals surface area contributed by atoms with Crippen molar-refractivity contribution in [3.63, 3.8) is 0 Å². The fourth-order valence-electron chi connectivity index (χ4n) is 2.78. The van der Waals surface area contributed by atoms with Crippen molar-refractivity contribution in [1.29, 1.82) is 0 Å². The highest BCUT2D eigenvalue weighted by atomic mass is 16.2. The smallest absolute Gasteiger partial charge is 0.224 e. The molecule has 2 heterocycles. The van der Waals surface area contributed by atoms with Crippen LogP contribution in [0.25, 0.3) is 0 Å². The molecule has 0 aromatic carbocycles. The van der Waals surface area contributed by atoms with E-state index in [1.807, 2.05) is 31.6 Å². The van der Waals surface area contributed by atoms with Crippen LogP contribution in [-0.4, -0.2) is 45.8 Å². The van der Waals surface area contributed by atoms with Gasteiger partial charge in [-0.2, -0.15) is 5.10 Å². The van der Waals surface area contributed by atoms with E-state index in [0.29, 0.717) is 0 Å². The molecule has 1 aromatic heterocycles. The van der Waals surface area contributed by atoms with Crippen LogP contribution in [0.5, 0.6) is 0 Å². The van der Waals surface area contributed by atoms with Crippen LogP contribution in [-0.2, 0) is 11.3 Å². The minimum atomic E-state index is -0.147. The Balaban J connectivity index is 1.81. The van der Waals surface area contributed by atoms with Crippen molar-refractivity contribution < 1.29 is 4.79 Å². The lowest BCUT2D eigenvalue weighted by Crippen LogP contribution is -2.49. The van der Waals surface area contributed by atoms with E-state index < -0.39 is 0 Å². The van der Waals surface area contributed by atoms with E-state index in [0.717, 1.165) is 39.0 Å². The summed E-state index contributed by atoms with van der Waals surface area (Å²) >= 11 is 0. The van der Waals surface area contributed by atoms with Crippen molar-refractivity contribution in [1.82, 2.24) is 20.0 Å². The third-order valence-corrected chi connectivity index (χ3v) is 3.78. The van der Waals surface area contributed by atoms with Gasteiger partial charge in [0.1, 0.15) is 0 Å². The first-order valence-electron chi connectivity index (χ1n) is 7.87. The van der Waals surface area contributed by atoms with Crippen LogP contribution >= 0.6 is 0 Å². The maximum absolute atomic E-state index is 12.3. The average Bonchev–Trinajstić information content (AvgIpc) is 2.81. The predicted octanol–water partition coefficient (Wildman–Crippen LogP) is 1.82. The van der Waals surface area contributed by atoms with Crippen LogP contribution in [0.15, 0.2) is 12.4 Å². The topological polar surface area (TPSA) is 50.2 Å². The third-order valence-electron chi connectivity index (χ3n) is 3.78. The van der Waals surface area contributed by atoms with Crippen molar-refractivity contribution in [2.75, 3.05) is 19.6 Å². The zero-order valence-electron chi connectivity index (χ0n) is 13.7. The van der Waals surface area contributed by atoms with Gasteiger partial charge in [0.15, 0.2) is 0 Å². The molecule has 118 valence electrons. The summed E-state index contributed by atoms with van der Waals surface area (Å²) in [5.41, 5.74) is 1.04. The van der Waals surface area contributed by atoms with E-state index in [4.69, 9.17) is 0 Å². The lowest BCUT2D eigenvalue weighted by Gasteiger charge is -2.33. The molecule has 0 aliphatic carbocycles. The Kier molecular flexibility index (Phi) is 5.04. The average molecular weight is 292 g/mol. The van der Waals surface area contributed by atoms with Gasteiger partial charge < -0.3 is 10.2 Å². The second-order valence-corrected chi connectivity index (χ2v) is 7.16. The quantitative estimate of drug-likeness (QED) is 0.921. The molecule has 0 bridgehead atoms. The Morgan fingerprint density at radius 3 is 2.81 bits per heavy atom. The molecule has 1 aromatic rings. The van der Waals surface area contributed by atoms with Crippen LogP contribution in [0.2, 0.25) is 0 Å². The number of likely N-dealkylation sites (tertiary alicyclic amines) is 1. The molecule has 1 amide bonds. The summed E-state index contributed by atoms with van der Waals surface area (Å²) < 4.78 is 1.98. The van der Waals surface area contributed by atoms with E-state index in [1.165, 1.54) is 5.56 Å². The molecule has 5 heteroatoms. The van der Waals surface area contributed by atoms with Gasteiger partial charge in [0, 0.05) is 24.8 Å². The molecular weight excluding hydrogens is 264 g/mol. The minimum Gasteiger partial charge on any atom is -0.351 e. The lowest BCUT2D eigenvalue weighted by molar-refractivity contribution is -0.128. The molecule has 0 saturated carbocycles. The number of hydrogen-bond acceptors (Lipinski definition) is 3. The summed E-state index contributed by atoms with van der Waals surface area (Å²) in [6.45, 7) is 11.9. The van der Waals surface area contributed by atoms with E-state index in [9.17, 15) is 4.79 Å². The highest BCUT2D eigenvalue weighted by molar-refractivity contribution is 5.79. The predicted molar refractivity (Wildman–Crippen MR) is 84.0 cm³/mol. The number of nitrogens with zero attached hydrogens (tertiary/aromatic N) is 3. The summed E-state index contributed by atoms with van der Waals surface area (Å²) in [6.07, 6.45) is 6.04. The van der Waals surface area contributed by atoms with Gasteiger partial charge in [-0.05, 0) is 52.6 Å². The van der Waals surface area contributed by atoms with Gasteiger partial charge in [-0.3, -0.25) is 9.48 Å². The van der Waals surface area contributed by atoms with Crippen molar-refractivity contribution in [2.45, 2.75) is 52.6 Å². The van der Waals surface area contributed by atoms with Crippen molar-refractivity contribution in [3.05, 3.63) is 18.0 Å². The van der Waals surface area contributed by atoms with Gasteiger partial charge in [0.25, 0.3) is 0 Å². The first-order chi connectivity index (χ1) is 9.83. The van der Waals surface area contributed by atoms with Gasteiger partial charge in [-0.15, -0.1) is 0 Å². The Morgan fingerprint density at radius 2 is 2.19 bits per heavy atom. The number of hydrogen-bond donors (Lipinski definition) is 1. The van der Waals surface area contributed by atoms with E-state index in [-0.39, 0.29) is 17.4 Å². The Labute approximate surface area is 127 Å². The van der Waals surface area contributed by atoms with Crippen molar-refractivity contribution in [3.8, 4) is 0 Å². The number of piperidine rings is 1. The molecule has 0 spiro atoms. The number of nitrogens with one attached hydrogen (secondary N) is 1. The summed E-state index contributed by atoms with van der Waals surface area (Å²) in [6, 6.07) is 0. The van der Waals surface area contributed by atoms with Crippen molar-refractivity contribution >= 4 is 5.91 Å². The number of amides is 1. The lowest BCUT2D eigenvalue weighted by atomic mass is 9.95. The third kappa shape index (κ3) is 5.16. The summed E-state index contributed by atoms with van der Waals surface area (Å²) in [7, 11) is 0. The SMILES string of the molecule is Cc1cnn(CCN2CCCC(C(=O)NC(C)(C)C)C2)c1. The highest BCUT2D eigenvalue weighted by Gasteiger charge is 2.27. The van der Waals surface area contributed by atoms with Gasteiger partial charge in [-0.25, -0.2) is 0 Å². The first-order valence-corrected chi connectivity index (χ1v) is 7.87. The van der Waals surface area contributed by atoms with Crippen molar-refractivity contribution in [2.24, 2.45) is 5.92 Å². The summed E-state index contributed by atoms with van der Waals surface area (Å²) in [4.78, 5) is 14.7. The number of aryl methyl sites for hydroxylation is 1. The molecule has 1 atom stereocenters. The molecular formula is C16H28N4O. The molecule has 21 heavy (non-hydrogen) atoms. The Hall–Kier alpha value is -1.36. The minimum absolute atomic E-state index is 0.123. The van der Waals surface area contributed by atoms with Crippen LogP contribution < -0.4 is 5.32 Å². The Morgan fingerprint density at radius 1 is 1.43 bits per heavy atom. The van der Waals surface area contributed by atoms with Crippen LogP contribution in [0.4, 0.5) is 0 Å². The van der Waals surface area contributed by atoms with Gasteiger partial charge >= 0.3 is 0 Å². The maximum atomic E-state index is 12.3. The Bertz CT molecular complexity index is 475. The largest absolute Gasteiger partial charge is 0.351 e. The number of rotatable bonds is 4. The fourth-order valence-corrected chi connectivity index (χ4v) is 2.78.